The van der Waals surface area contributed by atoms with Crippen LogP contribution in [-0.2, 0) is 11.3 Å². The highest BCUT2D eigenvalue weighted by Gasteiger charge is 2.27. The number of nitrogens with zero attached hydrogens (tertiary/aromatic N) is 1. The van der Waals surface area contributed by atoms with Crippen molar-refractivity contribution in [3.8, 4) is 0 Å². The first kappa shape index (κ1) is 13.6. The van der Waals surface area contributed by atoms with Crippen LogP contribution in [-0.4, -0.2) is 12.5 Å². The minimum Gasteiger partial charge on any atom is -0.383 e. The Hall–Kier alpha value is -2.36. The zero-order valence-corrected chi connectivity index (χ0v) is 11.8. The highest BCUT2D eigenvalue weighted by Crippen LogP contribution is 2.31. The van der Waals surface area contributed by atoms with E-state index in [-0.39, 0.29) is 24.2 Å². The maximum Gasteiger partial charge on any atom is 0.231 e. The summed E-state index contributed by atoms with van der Waals surface area (Å²) in [6.07, 6.45) is 0. The van der Waals surface area contributed by atoms with Gasteiger partial charge in [0.15, 0.2) is 0 Å². The largest absolute Gasteiger partial charge is 0.383 e. The van der Waals surface area contributed by atoms with E-state index in [4.69, 9.17) is 0 Å². The maximum absolute atomic E-state index is 13.9. The van der Waals surface area contributed by atoms with Crippen molar-refractivity contribution in [2.24, 2.45) is 5.92 Å². The number of carbonyl (C=O) groups is 1. The predicted molar refractivity (Wildman–Crippen MR) is 81.7 cm³/mol. The zero-order valence-electron chi connectivity index (χ0n) is 11.8. The van der Waals surface area contributed by atoms with Crippen molar-refractivity contribution < 1.29 is 9.18 Å². The first-order valence-corrected chi connectivity index (χ1v) is 7.04. The number of halogens is 1. The molecule has 1 amide bonds. The average Bonchev–Trinajstić information content (AvgIpc) is 2.62. The number of carbonyl (C=O) groups excluding carboxylic acids is 1. The molecule has 1 heterocycles. The SMILES string of the molecule is C[C@@H]1CNc2ccccc2N(Cc2ccccc2F)C1=O. The third-order valence-electron chi connectivity index (χ3n) is 3.77. The van der Waals surface area contributed by atoms with Gasteiger partial charge in [0, 0.05) is 12.1 Å². The number of rotatable bonds is 2. The van der Waals surface area contributed by atoms with Crippen molar-refractivity contribution in [1.29, 1.82) is 0 Å². The molecule has 0 bridgehead atoms. The fourth-order valence-corrected chi connectivity index (χ4v) is 2.55. The molecule has 1 atom stereocenters. The summed E-state index contributed by atoms with van der Waals surface area (Å²) in [6, 6.07) is 14.2. The van der Waals surface area contributed by atoms with Crippen molar-refractivity contribution in [2.75, 3.05) is 16.8 Å². The van der Waals surface area contributed by atoms with Crippen LogP contribution in [0.15, 0.2) is 48.5 Å². The monoisotopic (exact) mass is 284 g/mol. The molecule has 1 aliphatic heterocycles. The van der Waals surface area contributed by atoms with Gasteiger partial charge >= 0.3 is 0 Å². The molecule has 0 aliphatic carbocycles. The van der Waals surface area contributed by atoms with Gasteiger partial charge in [-0.3, -0.25) is 4.79 Å². The van der Waals surface area contributed by atoms with Crippen LogP contribution in [0.25, 0.3) is 0 Å². The van der Waals surface area contributed by atoms with Crippen LogP contribution in [0, 0.1) is 11.7 Å². The molecule has 3 rings (SSSR count). The number of nitrogens with one attached hydrogen (secondary N) is 1. The van der Waals surface area contributed by atoms with Crippen LogP contribution in [0.1, 0.15) is 12.5 Å². The molecular weight excluding hydrogens is 267 g/mol. The summed E-state index contributed by atoms with van der Waals surface area (Å²) in [6.45, 7) is 2.72. The molecule has 0 saturated heterocycles. The van der Waals surface area contributed by atoms with Crippen molar-refractivity contribution in [3.05, 3.63) is 59.9 Å². The number of benzene rings is 2. The normalized spacial score (nSPS) is 17.9. The molecule has 0 saturated carbocycles. The topological polar surface area (TPSA) is 32.3 Å². The highest BCUT2D eigenvalue weighted by atomic mass is 19.1. The number of amides is 1. The summed E-state index contributed by atoms with van der Waals surface area (Å²) >= 11 is 0. The van der Waals surface area contributed by atoms with Crippen molar-refractivity contribution in [1.82, 2.24) is 0 Å². The van der Waals surface area contributed by atoms with Gasteiger partial charge in [-0.15, -0.1) is 0 Å². The van der Waals surface area contributed by atoms with Crippen molar-refractivity contribution in [2.45, 2.75) is 13.5 Å². The van der Waals surface area contributed by atoms with E-state index in [1.165, 1.54) is 6.07 Å². The van der Waals surface area contributed by atoms with E-state index in [9.17, 15) is 9.18 Å². The predicted octanol–water partition coefficient (Wildman–Crippen LogP) is 3.42. The zero-order chi connectivity index (χ0) is 14.8. The van der Waals surface area contributed by atoms with Crippen LogP contribution in [0.2, 0.25) is 0 Å². The number of anilines is 2. The Balaban J connectivity index is 2.01. The van der Waals surface area contributed by atoms with Gasteiger partial charge in [0.05, 0.1) is 23.8 Å². The second-order valence-corrected chi connectivity index (χ2v) is 5.31. The molecule has 0 spiro atoms. The van der Waals surface area contributed by atoms with E-state index in [0.29, 0.717) is 12.1 Å². The van der Waals surface area contributed by atoms with Gasteiger partial charge in [-0.25, -0.2) is 4.39 Å². The minimum atomic E-state index is -0.285. The Morgan fingerprint density at radius 1 is 1.19 bits per heavy atom. The molecule has 0 aromatic heterocycles. The molecule has 108 valence electrons. The van der Waals surface area contributed by atoms with Crippen molar-refractivity contribution in [3.63, 3.8) is 0 Å². The van der Waals surface area contributed by atoms with Crippen LogP contribution in [0.5, 0.6) is 0 Å². The minimum absolute atomic E-state index is 0.00991. The molecule has 2 aromatic rings. The first-order valence-electron chi connectivity index (χ1n) is 7.04. The Morgan fingerprint density at radius 2 is 1.90 bits per heavy atom. The third-order valence-corrected chi connectivity index (χ3v) is 3.77. The average molecular weight is 284 g/mol. The second kappa shape index (κ2) is 5.56. The molecule has 0 fully saturated rings. The molecule has 3 nitrogen and oxygen atoms in total. The second-order valence-electron chi connectivity index (χ2n) is 5.31. The molecule has 0 unspecified atom stereocenters. The fourth-order valence-electron chi connectivity index (χ4n) is 2.55. The van der Waals surface area contributed by atoms with Gasteiger partial charge in [0.2, 0.25) is 5.91 Å². The standard InChI is InChI=1S/C17H17FN2O/c1-12-10-19-15-8-4-5-9-16(15)20(17(12)21)11-13-6-2-3-7-14(13)18/h2-9,12,19H,10-11H2,1H3/t12-/m1/s1. The smallest absolute Gasteiger partial charge is 0.231 e. The van der Waals surface area contributed by atoms with E-state index in [1.54, 1.807) is 23.1 Å². The Morgan fingerprint density at radius 3 is 2.71 bits per heavy atom. The fraction of sp³-hybridized carbons (Fsp3) is 0.235. The van der Waals surface area contributed by atoms with Gasteiger partial charge in [-0.1, -0.05) is 37.3 Å². The van der Waals surface area contributed by atoms with Crippen LogP contribution in [0.4, 0.5) is 15.8 Å². The lowest BCUT2D eigenvalue weighted by atomic mass is 10.1. The third kappa shape index (κ3) is 2.61. The molecular formula is C17H17FN2O. The lowest BCUT2D eigenvalue weighted by Gasteiger charge is -2.24. The Kier molecular flexibility index (Phi) is 3.60. The number of hydrogen-bond donors (Lipinski definition) is 1. The molecule has 4 heteroatoms. The van der Waals surface area contributed by atoms with E-state index in [2.05, 4.69) is 5.32 Å². The highest BCUT2D eigenvalue weighted by molar-refractivity contribution is 5.99. The molecule has 0 radical (unpaired) electrons. The summed E-state index contributed by atoms with van der Waals surface area (Å²) in [5, 5.41) is 3.28. The van der Waals surface area contributed by atoms with Gasteiger partial charge < -0.3 is 10.2 Å². The van der Waals surface area contributed by atoms with Crippen LogP contribution < -0.4 is 10.2 Å². The molecule has 1 N–H and O–H groups in total. The van der Waals surface area contributed by atoms with Crippen LogP contribution >= 0.6 is 0 Å². The number of fused-ring (bicyclic) bond motifs is 1. The lowest BCUT2D eigenvalue weighted by molar-refractivity contribution is -0.121. The first-order chi connectivity index (χ1) is 10.2. The lowest BCUT2D eigenvalue weighted by Crippen LogP contribution is -2.35. The molecule has 21 heavy (non-hydrogen) atoms. The maximum atomic E-state index is 13.9. The summed E-state index contributed by atoms with van der Waals surface area (Å²) in [4.78, 5) is 14.3. The van der Waals surface area contributed by atoms with Crippen LogP contribution in [0.3, 0.4) is 0 Å². The summed E-state index contributed by atoms with van der Waals surface area (Å²) in [5.74, 6) is -0.424. The van der Waals surface area contributed by atoms with Gasteiger partial charge in [-0.05, 0) is 18.2 Å². The van der Waals surface area contributed by atoms with Gasteiger partial charge in [-0.2, -0.15) is 0 Å². The van der Waals surface area contributed by atoms with Crippen molar-refractivity contribution >= 4 is 17.3 Å². The van der Waals surface area contributed by atoms with E-state index < -0.39 is 0 Å². The number of hydrogen-bond acceptors (Lipinski definition) is 2. The Bertz CT molecular complexity index is 671. The molecule has 1 aliphatic rings. The quantitative estimate of drug-likeness (QED) is 0.916. The van der Waals surface area contributed by atoms with Gasteiger partial charge in [0.25, 0.3) is 0 Å². The van der Waals surface area contributed by atoms with E-state index in [1.807, 2.05) is 31.2 Å². The van der Waals surface area contributed by atoms with E-state index >= 15 is 0 Å². The summed E-state index contributed by atoms with van der Waals surface area (Å²) < 4.78 is 13.9. The van der Waals surface area contributed by atoms with E-state index in [0.717, 1.165) is 11.4 Å². The van der Waals surface area contributed by atoms with Gasteiger partial charge in [0.1, 0.15) is 5.82 Å². The summed E-state index contributed by atoms with van der Waals surface area (Å²) in [5.41, 5.74) is 2.23. The molecule has 2 aromatic carbocycles. The number of para-hydroxylation sites is 2. The Labute approximate surface area is 123 Å². The summed E-state index contributed by atoms with van der Waals surface area (Å²) in [7, 11) is 0.